The molecule has 0 spiro atoms. The van der Waals surface area contributed by atoms with E-state index < -0.39 is 0 Å². The summed E-state index contributed by atoms with van der Waals surface area (Å²) in [5.41, 5.74) is 0. The van der Waals surface area contributed by atoms with Gasteiger partial charge in [-0.15, -0.1) is 0 Å². The Morgan fingerprint density at radius 1 is 0.643 bits per heavy atom. The minimum absolute atomic E-state index is 0.365. The minimum Gasteiger partial charge on any atom is -0.0656 e. The molecule has 0 nitrogen and oxygen atoms in total. The van der Waals surface area contributed by atoms with Crippen LogP contribution in [0.1, 0.15) is 0 Å². The number of hydrogen-bond acceptors (Lipinski definition) is 0. The fraction of sp³-hybridized carbons (Fsp3) is 0. The van der Waals surface area contributed by atoms with Crippen LogP contribution in [0, 0.1) is 0 Å². The molecule has 0 aliphatic heterocycles. The maximum Gasteiger partial charge on any atom is 0.0783 e. The van der Waals surface area contributed by atoms with Gasteiger partial charge in [-0.2, -0.15) is 0 Å². The fourth-order valence-corrected chi connectivity index (χ4v) is 3.44. The molecule has 0 heterocycles. The van der Waals surface area contributed by atoms with Gasteiger partial charge in [0.1, 0.15) is 0 Å². The van der Waals surface area contributed by atoms with Crippen LogP contribution in [-0.2, 0) is 0 Å². The molecule has 0 bridgehead atoms. The summed E-state index contributed by atoms with van der Waals surface area (Å²) in [7, 11) is 3.45. The van der Waals surface area contributed by atoms with Crippen molar-refractivity contribution in [1.82, 2.24) is 0 Å². The van der Waals surface area contributed by atoms with Crippen LogP contribution < -0.4 is 10.6 Å². The second kappa shape index (κ2) is 4.54. The van der Waals surface area contributed by atoms with Gasteiger partial charge in [0.05, 0.1) is 9.91 Å². The predicted octanol–water partition coefficient (Wildman–Crippen LogP) is 2.20. The quantitative estimate of drug-likeness (QED) is 0.530. The van der Waals surface area contributed by atoms with Crippen molar-refractivity contribution in [3.8, 4) is 0 Å². The Morgan fingerprint density at radius 2 is 1.00 bits per heavy atom. The summed E-state index contributed by atoms with van der Waals surface area (Å²) in [5.74, 6) is 0. The topological polar surface area (TPSA) is 0 Å². The Morgan fingerprint density at radius 3 is 1.36 bits per heavy atom. The van der Waals surface area contributed by atoms with Gasteiger partial charge in [0, 0.05) is 0 Å². The molecule has 2 heteroatoms. The summed E-state index contributed by atoms with van der Waals surface area (Å²) >= 11 is 0. The second-order valence-corrected chi connectivity index (χ2v) is 6.05. The van der Waals surface area contributed by atoms with Gasteiger partial charge in [-0.3, -0.25) is 0 Å². The molecule has 0 aliphatic carbocycles. The van der Waals surface area contributed by atoms with Crippen molar-refractivity contribution < 1.29 is 0 Å². The van der Waals surface area contributed by atoms with Crippen LogP contribution in [0.4, 0.5) is 0 Å². The molecule has 0 amide bonds. The molecule has 0 atom stereocenters. The van der Waals surface area contributed by atoms with Gasteiger partial charge >= 0.3 is 0 Å². The number of hydrogen-bond donors (Lipinski definition) is 0. The molecular weight excluding hydrogens is 203 g/mol. The lowest BCUT2D eigenvalue weighted by molar-refractivity contribution is 1.76. The van der Waals surface area contributed by atoms with Crippen LogP contribution >= 0.6 is 7.47 Å². The van der Waals surface area contributed by atoms with Crippen molar-refractivity contribution in [2.45, 2.75) is 0 Å². The summed E-state index contributed by atoms with van der Waals surface area (Å²) in [6, 6.07) is 21.0. The minimum atomic E-state index is -0.365. The van der Waals surface area contributed by atoms with E-state index in [4.69, 9.17) is 0 Å². The van der Waals surface area contributed by atoms with Gasteiger partial charge in [0.2, 0.25) is 0 Å². The van der Waals surface area contributed by atoms with E-state index in [1.807, 2.05) is 12.1 Å². The SMILES string of the molecule is [Si]P(c1ccccc1)c1ccccc1. The first-order valence-corrected chi connectivity index (χ1v) is 7.18. The Labute approximate surface area is 89.0 Å². The third-order valence-electron chi connectivity index (χ3n) is 2.03. The first-order chi connectivity index (χ1) is 6.88. The third kappa shape index (κ3) is 2.12. The van der Waals surface area contributed by atoms with Gasteiger partial charge in [0.15, 0.2) is 0 Å². The van der Waals surface area contributed by atoms with Crippen molar-refractivity contribution in [3.05, 3.63) is 60.7 Å². The average molecular weight is 213 g/mol. The van der Waals surface area contributed by atoms with E-state index in [-0.39, 0.29) is 7.47 Å². The maximum atomic E-state index is 3.81. The monoisotopic (exact) mass is 213 g/mol. The maximum absolute atomic E-state index is 3.81. The van der Waals surface area contributed by atoms with E-state index in [0.29, 0.717) is 0 Å². The molecule has 0 N–H and O–H groups in total. The van der Waals surface area contributed by atoms with Crippen LogP contribution in [0.3, 0.4) is 0 Å². The molecule has 0 aliphatic rings. The van der Waals surface area contributed by atoms with Crippen LogP contribution in [0.15, 0.2) is 60.7 Å². The van der Waals surface area contributed by atoms with E-state index in [1.54, 1.807) is 0 Å². The van der Waals surface area contributed by atoms with Gasteiger partial charge in [0.25, 0.3) is 0 Å². The molecule has 14 heavy (non-hydrogen) atoms. The summed E-state index contributed by atoms with van der Waals surface area (Å²) < 4.78 is 0. The largest absolute Gasteiger partial charge is 0.0783 e. The lowest BCUT2D eigenvalue weighted by atomic mass is 10.4. The molecule has 0 saturated carbocycles. The standard InChI is InChI=1S/C12H10PSi/c14-13(11-7-3-1-4-8-11)12-9-5-2-6-10-12/h1-10H. The smallest absolute Gasteiger partial charge is 0.0656 e. The average Bonchev–Trinajstić information content (AvgIpc) is 2.30. The van der Waals surface area contributed by atoms with Crippen molar-refractivity contribution in [1.29, 1.82) is 0 Å². The molecule has 2 aromatic rings. The van der Waals surface area contributed by atoms with Crippen LogP contribution in [0.2, 0.25) is 0 Å². The highest BCUT2D eigenvalue weighted by molar-refractivity contribution is 7.94. The number of rotatable bonds is 2. The highest BCUT2D eigenvalue weighted by Gasteiger charge is 2.05. The van der Waals surface area contributed by atoms with E-state index in [2.05, 4.69) is 58.4 Å². The number of benzene rings is 2. The summed E-state index contributed by atoms with van der Waals surface area (Å²) in [6.45, 7) is 0. The Kier molecular flexibility index (Phi) is 3.13. The van der Waals surface area contributed by atoms with Crippen molar-refractivity contribution in [2.24, 2.45) is 0 Å². The van der Waals surface area contributed by atoms with Gasteiger partial charge in [-0.25, -0.2) is 0 Å². The van der Waals surface area contributed by atoms with Crippen LogP contribution in [-0.4, -0.2) is 9.91 Å². The zero-order valence-electron chi connectivity index (χ0n) is 7.72. The molecule has 2 aromatic carbocycles. The molecular formula is C12H10PSi. The zero-order chi connectivity index (χ0) is 9.80. The van der Waals surface area contributed by atoms with Crippen molar-refractivity contribution in [2.75, 3.05) is 0 Å². The molecule has 2 rings (SSSR count). The zero-order valence-corrected chi connectivity index (χ0v) is 9.62. The third-order valence-corrected chi connectivity index (χ3v) is 5.21. The lowest BCUT2D eigenvalue weighted by Crippen LogP contribution is -2.10. The Hall–Kier alpha value is -0.913. The molecule has 67 valence electrons. The highest BCUT2D eigenvalue weighted by Crippen LogP contribution is 2.26. The van der Waals surface area contributed by atoms with Gasteiger partial charge < -0.3 is 0 Å². The van der Waals surface area contributed by atoms with E-state index in [1.165, 1.54) is 10.6 Å². The Bertz CT molecular complexity index is 346. The first kappa shape index (κ1) is 9.63. The molecule has 0 aromatic heterocycles. The van der Waals surface area contributed by atoms with Crippen molar-refractivity contribution >= 4 is 28.0 Å². The predicted molar refractivity (Wildman–Crippen MR) is 64.8 cm³/mol. The summed E-state index contributed by atoms with van der Waals surface area (Å²) in [5, 5.41) is 2.70. The molecule has 3 radical (unpaired) electrons. The van der Waals surface area contributed by atoms with E-state index >= 15 is 0 Å². The normalized spacial score (nSPS) is 10.4. The molecule has 0 fully saturated rings. The van der Waals surface area contributed by atoms with E-state index in [0.717, 1.165) is 0 Å². The van der Waals surface area contributed by atoms with Crippen LogP contribution in [0.5, 0.6) is 0 Å². The second-order valence-electron chi connectivity index (χ2n) is 3.01. The van der Waals surface area contributed by atoms with Crippen LogP contribution in [0.25, 0.3) is 0 Å². The lowest BCUT2D eigenvalue weighted by Gasteiger charge is -2.12. The van der Waals surface area contributed by atoms with Gasteiger partial charge in [-0.1, -0.05) is 68.1 Å². The Balaban J connectivity index is 2.30. The summed E-state index contributed by atoms with van der Waals surface area (Å²) in [4.78, 5) is 0. The fourth-order valence-electron chi connectivity index (χ4n) is 1.30. The molecule has 0 unspecified atom stereocenters. The van der Waals surface area contributed by atoms with Gasteiger partial charge in [-0.05, 0) is 10.6 Å². The van der Waals surface area contributed by atoms with E-state index in [9.17, 15) is 0 Å². The van der Waals surface area contributed by atoms with Crippen molar-refractivity contribution in [3.63, 3.8) is 0 Å². The highest BCUT2D eigenvalue weighted by atomic mass is 31.4. The molecule has 0 saturated heterocycles. The summed E-state index contributed by atoms with van der Waals surface area (Å²) in [6.07, 6.45) is 0. The first-order valence-electron chi connectivity index (χ1n) is 4.49.